The van der Waals surface area contributed by atoms with Crippen molar-refractivity contribution in [3.05, 3.63) is 23.8 Å². The van der Waals surface area contributed by atoms with Crippen molar-refractivity contribution in [3.8, 4) is 0 Å². The Hall–Kier alpha value is -2.24. The third kappa shape index (κ3) is 3.20. The maximum Gasteiger partial charge on any atom is 0.335 e. The van der Waals surface area contributed by atoms with Crippen molar-refractivity contribution in [2.45, 2.75) is 25.8 Å². The third-order valence-electron chi connectivity index (χ3n) is 3.52. The van der Waals surface area contributed by atoms with Crippen LogP contribution in [-0.2, 0) is 4.79 Å². The minimum absolute atomic E-state index is 0.0177. The Morgan fingerprint density at radius 3 is 2.55 bits per heavy atom. The molecule has 1 aliphatic rings. The van der Waals surface area contributed by atoms with Gasteiger partial charge in [0.1, 0.15) is 0 Å². The third-order valence-corrected chi connectivity index (χ3v) is 3.52. The van der Waals surface area contributed by atoms with Gasteiger partial charge in [0.2, 0.25) is 5.91 Å². The number of anilines is 2. The van der Waals surface area contributed by atoms with Crippen LogP contribution in [0.25, 0.3) is 0 Å². The van der Waals surface area contributed by atoms with Gasteiger partial charge in [-0.05, 0) is 31.0 Å². The number of benzene rings is 1. The van der Waals surface area contributed by atoms with Crippen molar-refractivity contribution in [1.29, 1.82) is 0 Å². The van der Waals surface area contributed by atoms with Crippen LogP contribution in [0, 0.1) is 0 Å². The number of nitrogen functional groups attached to an aromatic ring is 1. The summed E-state index contributed by atoms with van der Waals surface area (Å²) in [6, 6.07) is 4.92. The molecule has 1 heterocycles. The SMILES string of the molecule is CC(=O)NC1CCN(c2cc(C(=O)O)ccc2N)CC1. The lowest BCUT2D eigenvalue weighted by Gasteiger charge is -2.34. The average molecular weight is 277 g/mol. The van der Waals surface area contributed by atoms with E-state index in [9.17, 15) is 9.59 Å². The monoisotopic (exact) mass is 277 g/mol. The number of nitrogens with two attached hydrogens (primary N) is 1. The molecule has 6 nitrogen and oxygen atoms in total. The van der Waals surface area contributed by atoms with Gasteiger partial charge >= 0.3 is 5.97 Å². The Morgan fingerprint density at radius 2 is 2.00 bits per heavy atom. The van der Waals surface area contributed by atoms with Gasteiger partial charge < -0.3 is 21.1 Å². The lowest BCUT2D eigenvalue weighted by atomic mass is 10.0. The lowest BCUT2D eigenvalue weighted by Crippen LogP contribution is -2.44. The number of hydrogen-bond donors (Lipinski definition) is 3. The van der Waals surface area contributed by atoms with E-state index in [4.69, 9.17) is 10.8 Å². The van der Waals surface area contributed by atoms with E-state index in [2.05, 4.69) is 10.2 Å². The first kappa shape index (κ1) is 14.2. The maximum absolute atomic E-state index is 11.0. The molecule has 0 aliphatic carbocycles. The number of piperidine rings is 1. The van der Waals surface area contributed by atoms with E-state index in [-0.39, 0.29) is 17.5 Å². The zero-order valence-corrected chi connectivity index (χ0v) is 11.4. The highest BCUT2D eigenvalue weighted by Gasteiger charge is 2.21. The molecule has 0 saturated carbocycles. The largest absolute Gasteiger partial charge is 0.478 e. The maximum atomic E-state index is 11.0. The number of carboxylic acid groups (broad SMARTS) is 1. The first-order chi connectivity index (χ1) is 9.47. The van der Waals surface area contributed by atoms with Gasteiger partial charge in [-0.25, -0.2) is 4.79 Å². The quantitative estimate of drug-likeness (QED) is 0.718. The lowest BCUT2D eigenvalue weighted by molar-refractivity contribution is -0.119. The van der Waals surface area contributed by atoms with Crippen LogP contribution in [0.1, 0.15) is 30.1 Å². The molecule has 0 atom stereocenters. The van der Waals surface area contributed by atoms with Crippen molar-refractivity contribution >= 4 is 23.3 Å². The molecule has 0 spiro atoms. The zero-order chi connectivity index (χ0) is 14.7. The Morgan fingerprint density at radius 1 is 1.35 bits per heavy atom. The van der Waals surface area contributed by atoms with Gasteiger partial charge in [-0.3, -0.25) is 4.79 Å². The number of carboxylic acids is 1. The van der Waals surface area contributed by atoms with E-state index in [0.29, 0.717) is 5.69 Å². The summed E-state index contributed by atoms with van der Waals surface area (Å²) >= 11 is 0. The fraction of sp³-hybridized carbons (Fsp3) is 0.429. The van der Waals surface area contributed by atoms with Gasteiger partial charge in [0.05, 0.1) is 16.9 Å². The number of amides is 1. The summed E-state index contributed by atoms with van der Waals surface area (Å²) in [4.78, 5) is 24.1. The number of hydrogen-bond acceptors (Lipinski definition) is 4. The van der Waals surface area contributed by atoms with Gasteiger partial charge in [0, 0.05) is 26.1 Å². The topological polar surface area (TPSA) is 95.7 Å². The molecule has 6 heteroatoms. The summed E-state index contributed by atoms with van der Waals surface area (Å²) in [5, 5.41) is 11.9. The highest BCUT2D eigenvalue weighted by atomic mass is 16.4. The molecular formula is C14H19N3O3. The Kier molecular flexibility index (Phi) is 4.12. The van der Waals surface area contributed by atoms with Crippen LogP contribution in [0.5, 0.6) is 0 Å². The van der Waals surface area contributed by atoms with Crippen molar-refractivity contribution < 1.29 is 14.7 Å². The number of aromatic carboxylic acids is 1. The number of carbonyl (C=O) groups excluding carboxylic acids is 1. The van der Waals surface area contributed by atoms with Crippen molar-refractivity contribution in [1.82, 2.24) is 5.32 Å². The van der Waals surface area contributed by atoms with Crippen molar-refractivity contribution in [2.24, 2.45) is 0 Å². The molecule has 20 heavy (non-hydrogen) atoms. The molecule has 1 aromatic carbocycles. The molecule has 1 aliphatic heterocycles. The predicted octanol–water partition coefficient (Wildman–Crippen LogP) is 1.07. The molecule has 0 unspecified atom stereocenters. The average Bonchev–Trinajstić information content (AvgIpc) is 2.39. The molecule has 1 saturated heterocycles. The Bertz CT molecular complexity index is 522. The molecule has 1 fully saturated rings. The van der Waals surface area contributed by atoms with E-state index in [1.54, 1.807) is 12.1 Å². The number of nitrogens with zero attached hydrogens (tertiary/aromatic N) is 1. The molecule has 0 aromatic heterocycles. The molecule has 108 valence electrons. The van der Waals surface area contributed by atoms with E-state index in [0.717, 1.165) is 31.6 Å². The second kappa shape index (κ2) is 5.81. The number of rotatable bonds is 3. The first-order valence-electron chi connectivity index (χ1n) is 6.62. The van der Waals surface area contributed by atoms with Crippen molar-refractivity contribution in [2.75, 3.05) is 23.7 Å². The van der Waals surface area contributed by atoms with Crippen LogP contribution in [0.15, 0.2) is 18.2 Å². The molecular weight excluding hydrogens is 258 g/mol. The highest BCUT2D eigenvalue weighted by molar-refractivity contribution is 5.90. The first-order valence-corrected chi connectivity index (χ1v) is 6.62. The van der Waals surface area contributed by atoms with E-state index in [1.807, 2.05) is 0 Å². The fourth-order valence-corrected chi connectivity index (χ4v) is 2.50. The van der Waals surface area contributed by atoms with Crippen LogP contribution in [-0.4, -0.2) is 36.1 Å². The standard InChI is InChI=1S/C14H19N3O3/c1-9(18)16-11-4-6-17(7-5-11)13-8-10(14(19)20)2-3-12(13)15/h2-3,8,11H,4-7,15H2,1H3,(H,16,18)(H,19,20). The molecule has 1 aromatic rings. The molecule has 2 rings (SSSR count). The van der Waals surface area contributed by atoms with Gasteiger partial charge in [0.15, 0.2) is 0 Å². The Labute approximate surface area is 117 Å². The van der Waals surface area contributed by atoms with E-state index >= 15 is 0 Å². The summed E-state index contributed by atoms with van der Waals surface area (Å²) in [6.07, 6.45) is 1.66. The van der Waals surface area contributed by atoms with E-state index in [1.165, 1.54) is 13.0 Å². The van der Waals surface area contributed by atoms with Crippen LogP contribution in [0.3, 0.4) is 0 Å². The van der Waals surface area contributed by atoms with Crippen molar-refractivity contribution in [3.63, 3.8) is 0 Å². The van der Waals surface area contributed by atoms with Gasteiger partial charge in [-0.15, -0.1) is 0 Å². The van der Waals surface area contributed by atoms with Gasteiger partial charge in [-0.1, -0.05) is 0 Å². The second-order valence-corrected chi connectivity index (χ2v) is 5.04. The number of nitrogens with one attached hydrogen (secondary N) is 1. The zero-order valence-electron chi connectivity index (χ0n) is 11.4. The minimum atomic E-state index is -0.959. The summed E-state index contributed by atoms with van der Waals surface area (Å²) in [7, 11) is 0. The fourth-order valence-electron chi connectivity index (χ4n) is 2.50. The minimum Gasteiger partial charge on any atom is -0.478 e. The highest BCUT2D eigenvalue weighted by Crippen LogP contribution is 2.27. The normalized spacial score (nSPS) is 15.9. The predicted molar refractivity (Wildman–Crippen MR) is 76.9 cm³/mol. The summed E-state index contributed by atoms with van der Waals surface area (Å²) in [5.74, 6) is -0.977. The molecule has 0 radical (unpaired) electrons. The summed E-state index contributed by atoms with van der Waals surface area (Å²) in [6.45, 7) is 3.01. The van der Waals surface area contributed by atoms with Gasteiger partial charge in [0.25, 0.3) is 0 Å². The van der Waals surface area contributed by atoms with Crippen LogP contribution in [0.4, 0.5) is 11.4 Å². The summed E-state index contributed by atoms with van der Waals surface area (Å²) in [5.41, 5.74) is 7.50. The molecule has 1 amide bonds. The second-order valence-electron chi connectivity index (χ2n) is 5.04. The van der Waals surface area contributed by atoms with Crippen LogP contribution >= 0.6 is 0 Å². The molecule has 4 N–H and O–H groups in total. The van der Waals surface area contributed by atoms with E-state index < -0.39 is 5.97 Å². The Balaban J connectivity index is 2.08. The van der Waals surface area contributed by atoms with Crippen LogP contribution < -0.4 is 16.0 Å². The number of carbonyl (C=O) groups is 2. The smallest absolute Gasteiger partial charge is 0.335 e. The van der Waals surface area contributed by atoms with Gasteiger partial charge in [-0.2, -0.15) is 0 Å². The molecule has 0 bridgehead atoms. The summed E-state index contributed by atoms with van der Waals surface area (Å²) < 4.78 is 0. The van der Waals surface area contributed by atoms with Crippen LogP contribution in [0.2, 0.25) is 0 Å².